The molecule has 0 spiro atoms. The molecule has 0 aromatic carbocycles. The monoisotopic (exact) mass is 174 g/mol. The Bertz CT molecular complexity index is 206. The van der Waals surface area contributed by atoms with Crippen molar-refractivity contribution in [3.05, 3.63) is 0 Å². The van der Waals surface area contributed by atoms with Gasteiger partial charge in [-0.25, -0.2) is 9.86 Å². The molecule has 0 unspecified atom stereocenters. The molecule has 0 radical (unpaired) electrons. The first-order valence-corrected chi connectivity index (χ1v) is 3.42. The molecule has 1 amide bonds. The Kier molecular flexibility index (Phi) is 2.61. The summed E-state index contributed by atoms with van der Waals surface area (Å²) in [5.74, 6) is -0.831. The van der Waals surface area contributed by atoms with E-state index in [0.29, 0.717) is 6.54 Å². The number of carbonyl (C=O) groups excluding carboxylic acids is 2. The maximum atomic E-state index is 10.8. The highest BCUT2D eigenvalue weighted by Crippen LogP contribution is 2.07. The minimum Gasteiger partial charge on any atom is -0.467 e. The lowest BCUT2D eigenvalue weighted by Crippen LogP contribution is -2.60. The number of nitrogens with two attached hydrogens (primary N) is 1. The van der Waals surface area contributed by atoms with Gasteiger partial charge in [-0.1, -0.05) is 0 Å². The van der Waals surface area contributed by atoms with Crippen LogP contribution in [0.5, 0.6) is 0 Å². The first kappa shape index (κ1) is 8.95. The van der Waals surface area contributed by atoms with Crippen molar-refractivity contribution in [3.8, 4) is 0 Å². The third kappa shape index (κ3) is 1.72. The number of rotatable bonds is 3. The summed E-state index contributed by atoms with van der Waals surface area (Å²) >= 11 is 0. The van der Waals surface area contributed by atoms with Gasteiger partial charge < -0.3 is 10.5 Å². The van der Waals surface area contributed by atoms with E-state index >= 15 is 0 Å². The molecular weight excluding hydrogens is 164 g/mol. The van der Waals surface area contributed by atoms with Gasteiger partial charge in [0.15, 0.2) is 6.61 Å². The fourth-order valence-corrected chi connectivity index (χ4v) is 0.725. The van der Waals surface area contributed by atoms with Crippen LogP contribution in [0.4, 0.5) is 0 Å². The number of hydroxylamine groups is 2. The van der Waals surface area contributed by atoms with Crippen LogP contribution in [-0.2, 0) is 19.2 Å². The molecule has 1 saturated heterocycles. The SMILES string of the molecule is COC(=O)CON1C[C@@H](N)C1=O. The summed E-state index contributed by atoms with van der Waals surface area (Å²) in [7, 11) is 1.25. The molecule has 1 heterocycles. The summed E-state index contributed by atoms with van der Waals surface area (Å²) < 4.78 is 4.30. The molecule has 1 fully saturated rings. The minimum absolute atomic E-state index is 0.255. The van der Waals surface area contributed by atoms with Gasteiger partial charge >= 0.3 is 5.97 Å². The first-order valence-electron chi connectivity index (χ1n) is 3.42. The Balaban J connectivity index is 2.18. The predicted molar refractivity (Wildman–Crippen MR) is 37.7 cm³/mol. The fraction of sp³-hybridized carbons (Fsp3) is 0.667. The highest BCUT2D eigenvalue weighted by molar-refractivity contribution is 5.86. The predicted octanol–water partition coefficient (Wildman–Crippen LogP) is -1.74. The van der Waals surface area contributed by atoms with Crippen LogP contribution in [0.1, 0.15) is 0 Å². The Hall–Kier alpha value is -1.14. The van der Waals surface area contributed by atoms with E-state index in [2.05, 4.69) is 4.74 Å². The molecule has 0 saturated carbocycles. The highest BCUT2D eigenvalue weighted by atomic mass is 16.7. The van der Waals surface area contributed by atoms with Gasteiger partial charge in [0.25, 0.3) is 5.91 Å². The van der Waals surface area contributed by atoms with Crippen molar-refractivity contribution in [2.75, 3.05) is 20.3 Å². The van der Waals surface area contributed by atoms with E-state index < -0.39 is 12.0 Å². The lowest BCUT2D eigenvalue weighted by molar-refractivity contribution is -0.215. The summed E-state index contributed by atoms with van der Waals surface area (Å²) in [5.41, 5.74) is 5.26. The van der Waals surface area contributed by atoms with E-state index in [9.17, 15) is 9.59 Å². The molecule has 6 heteroatoms. The number of nitrogens with zero attached hydrogens (tertiary/aromatic N) is 1. The number of ether oxygens (including phenoxy) is 1. The van der Waals surface area contributed by atoms with Gasteiger partial charge in [-0.3, -0.25) is 9.63 Å². The van der Waals surface area contributed by atoms with E-state index in [1.165, 1.54) is 7.11 Å². The van der Waals surface area contributed by atoms with Gasteiger partial charge in [0.1, 0.15) is 6.04 Å². The van der Waals surface area contributed by atoms with E-state index in [1.807, 2.05) is 0 Å². The number of esters is 1. The maximum Gasteiger partial charge on any atom is 0.334 e. The number of amides is 1. The van der Waals surface area contributed by atoms with E-state index in [0.717, 1.165) is 5.06 Å². The van der Waals surface area contributed by atoms with Crippen molar-refractivity contribution in [1.82, 2.24) is 5.06 Å². The lowest BCUT2D eigenvalue weighted by Gasteiger charge is -2.33. The number of carbonyl (C=O) groups is 2. The Labute approximate surface area is 69.2 Å². The number of methoxy groups -OCH3 is 1. The molecule has 12 heavy (non-hydrogen) atoms. The van der Waals surface area contributed by atoms with Crippen LogP contribution < -0.4 is 5.73 Å². The normalized spacial score (nSPS) is 22.0. The second-order valence-electron chi connectivity index (χ2n) is 2.36. The van der Waals surface area contributed by atoms with Crippen molar-refractivity contribution in [2.45, 2.75) is 6.04 Å². The maximum absolute atomic E-state index is 10.8. The first-order chi connectivity index (χ1) is 5.65. The molecule has 68 valence electrons. The molecule has 0 aromatic heterocycles. The van der Waals surface area contributed by atoms with Gasteiger partial charge in [-0.15, -0.1) is 0 Å². The summed E-state index contributed by atoms with van der Waals surface area (Å²) in [6.45, 7) is 0.0742. The molecule has 6 nitrogen and oxygen atoms in total. The molecule has 0 aliphatic carbocycles. The smallest absolute Gasteiger partial charge is 0.334 e. The quantitative estimate of drug-likeness (QED) is 0.405. The van der Waals surface area contributed by atoms with E-state index in [4.69, 9.17) is 10.6 Å². The summed E-state index contributed by atoms with van der Waals surface area (Å²) in [4.78, 5) is 26.1. The summed E-state index contributed by atoms with van der Waals surface area (Å²) in [6, 6.07) is -0.484. The summed E-state index contributed by atoms with van der Waals surface area (Å²) in [6.07, 6.45) is 0. The van der Waals surface area contributed by atoms with Gasteiger partial charge in [-0.05, 0) is 0 Å². The topological polar surface area (TPSA) is 81.9 Å². The highest BCUT2D eigenvalue weighted by Gasteiger charge is 2.35. The Morgan fingerprint density at radius 2 is 2.50 bits per heavy atom. The largest absolute Gasteiger partial charge is 0.467 e. The number of hydrogen-bond acceptors (Lipinski definition) is 5. The van der Waals surface area contributed by atoms with Crippen LogP contribution in [-0.4, -0.2) is 43.2 Å². The second-order valence-corrected chi connectivity index (χ2v) is 2.36. The second kappa shape index (κ2) is 3.51. The zero-order chi connectivity index (χ0) is 9.14. The van der Waals surface area contributed by atoms with Gasteiger partial charge in [0.05, 0.1) is 13.7 Å². The number of β-lactam (4-membered cyclic amide) rings is 1. The van der Waals surface area contributed by atoms with Crippen LogP contribution in [0.15, 0.2) is 0 Å². The molecule has 2 N–H and O–H groups in total. The molecule has 1 aliphatic rings. The van der Waals surface area contributed by atoms with Crippen molar-refractivity contribution in [2.24, 2.45) is 5.73 Å². The van der Waals surface area contributed by atoms with Gasteiger partial charge in [-0.2, -0.15) is 0 Å². The zero-order valence-corrected chi connectivity index (χ0v) is 6.65. The average molecular weight is 174 g/mol. The molecule has 1 rings (SSSR count). The van der Waals surface area contributed by atoms with Crippen molar-refractivity contribution >= 4 is 11.9 Å². The average Bonchev–Trinajstić information content (AvgIpc) is 2.10. The van der Waals surface area contributed by atoms with Crippen molar-refractivity contribution < 1.29 is 19.2 Å². The minimum atomic E-state index is -0.525. The Morgan fingerprint density at radius 3 is 2.92 bits per heavy atom. The zero-order valence-electron chi connectivity index (χ0n) is 6.65. The van der Waals surface area contributed by atoms with Crippen LogP contribution in [0.25, 0.3) is 0 Å². The molecular formula is C6H10N2O4. The van der Waals surface area contributed by atoms with Gasteiger partial charge in [0.2, 0.25) is 0 Å². The third-order valence-corrected chi connectivity index (χ3v) is 1.49. The lowest BCUT2D eigenvalue weighted by atomic mass is 10.2. The van der Waals surface area contributed by atoms with Gasteiger partial charge in [0, 0.05) is 0 Å². The third-order valence-electron chi connectivity index (χ3n) is 1.49. The fourth-order valence-electron chi connectivity index (χ4n) is 0.725. The molecule has 1 atom stereocenters. The van der Waals surface area contributed by atoms with Crippen LogP contribution in [0, 0.1) is 0 Å². The number of hydrogen-bond donors (Lipinski definition) is 1. The standard InChI is InChI=1S/C6H10N2O4/c1-11-5(9)3-12-8-2-4(7)6(8)10/h4H,2-3,7H2,1H3/t4-/m1/s1. The van der Waals surface area contributed by atoms with E-state index in [-0.39, 0.29) is 12.5 Å². The van der Waals surface area contributed by atoms with Crippen LogP contribution in [0.2, 0.25) is 0 Å². The van der Waals surface area contributed by atoms with Crippen molar-refractivity contribution in [3.63, 3.8) is 0 Å². The van der Waals surface area contributed by atoms with Crippen LogP contribution in [0.3, 0.4) is 0 Å². The van der Waals surface area contributed by atoms with Crippen LogP contribution >= 0.6 is 0 Å². The summed E-state index contributed by atoms with van der Waals surface area (Å²) in [5, 5.41) is 1.04. The molecule has 0 bridgehead atoms. The molecule has 1 aliphatic heterocycles. The Morgan fingerprint density at radius 1 is 1.83 bits per heavy atom. The van der Waals surface area contributed by atoms with Crippen molar-refractivity contribution in [1.29, 1.82) is 0 Å². The molecule has 0 aromatic rings. The van der Waals surface area contributed by atoms with E-state index in [1.54, 1.807) is 0 Å².